The maximum Gasteiger partial charge on any atom is 0.258 e. The fraction of sp³-hybridized carbons (Fsp3) is 0.556. The fourth-order valence-electron chi connectivity index (χ4n) is 3.30. The Morgan fingerprint density at radius 2 is 2.04 bits per heavy atom. The fourth-order valence-corrected chi connectivity index (χ4v) is 3.30. The zero-order valence-corrected chi connectivity index (χ0v) is 13.8. The summed E-state index contributed by atoms with van der Waals surface area (Å²) in [6, 6.07) is 8.40. The van der Waals surface area contributed by atoms with Gasteiger partial charge in [-0.2, -0.15) is 4.98 Å². The summed E-state index contributed by atoms with van der Waals surface area (Å²) in [5, 5.41) is 4.11. The first kappa shape index (κ1) is 15.7. The van der Waals surface area contributed by atoms with Crippen molar-refractivity contribution in [3.05, 3.63) is 35.7 Å². The highest BCUT2D eigenvalue weighted by molar-refractivity contribution is 5.55. The maximum absolute atomic E-state index is 5.61. The molecule has 2 aromatic rings. The number of hydrogen-bond acceptors (Lipinski definition) is 6. The van der Waals surface area contributed by atoms with E-state index in [1.165, 1.54) is 37.9 Å². The zero-order chi connectivity index (χ0) is 16.2. The highest BCUT2D eigenvalue weighted by Gasteiger charge is 2.23. The smallest absolute Gasteiger partial charge is 0.258 e. The minimum Gasteiger partial charge on any atom is -0.376 e. The Hall–Kier alpha value is -1.76. The second kappa shape index (κ2) is 7.42. The molecule has 0 amide bonds. The van der Waals surface area contributed by atoms with Crippen LogP contribution < -0.4 is 0 Å². The molecule has 2 aliphatic rings. The third-order valence-electron chi connectivity index (χ3n) is 4.57. The van der Waals surface area contributed by atoms with E-state index in [9.17, 15) is 0 Å². The van der Waals surface area contributed by atoms with Gasteiger partial charge in [-0.05, 0) is 37.6 Å². The molecule has 128 valence electrons. The molecule has 2 saturated heterocycles. The Morgan fingerprint density at radius 1 is 1.12 bits per heavy atom. The van der Waals surface area contributed by atoms with Gasteiger partial charge in [-0.3, -0.25) is 4.90 Å². The molecule has 0 aliphatic carbocycles. The lowest BCUT2D eigenvalue weighted by Gasteiger charge is -2.26. The molecular formula is C18H23N3O3. The number of hydrogen-bond donors (Lipinski definition) is 0. The topological polar surface area (TPSA) is 60.6 Å². The summed E-state index contributed by atoms with van der Waals surface area (Å²) in [5.74, 6) is 1.10. The Bertz CT molecular complexity index is 661. The quantitative estimate of drug-likeness (QED) is 0.859. The second-order valence-corrected chi connectivity index (χ2v) is 6.43. The van der Waals surface area contributed by atoms with Crippen LogP contribution in [0.25, 0.3) is 11.4 Å². The normalized spacial score (nSPS) is 22.6. The Balaban J connectivity index is 1.47. The van der Waals surface area contributed by atoms with Gasteiger partial charge in [-0.15, -0.1) is 0 Å². The predicted molar refractivity (Wildman–Crippen MR) is 88.4 cm³/mol. The molecule has 6 heteroatoms. The zero-order valence-electron chi connectivity index (χ0n) is 13.8. The van der Waals surface area contributed by atoms with Gasteiger partial charge in [0.1, 0.15) is 0 Å². The molecule has 0 radical (unpaired) electrons. The van der Waals surface area contributed by atoms with E-state index in [1.54, 1.807) is 0 Å². The van der Waals surface area contributed by atoms with E-state index in [4.69, 9.17) is 14.0 Å². The lowest BCUT2D eigenvalue weighted by atomic mass is 10.1. The first-order valence-corrected chi connectivity index (χ1v) is 8.73. The van der Waals surface area contributed by atoms with Gasteiger partial charge in [0, 0.05) is 12.1 Å². The van der Waals surface area contributed by atoms with Crippen LogP contribution in [0.1, 0.15) is 36.8 Å². The molecule has 0 N–H and O–H groups in total. The summed E-state index contributed by atoms with van der Waals surface area (Å²) in [7, 11) is 0. The molecule has 2 aliphatic heterocycles. The highest BCUT2D eigenvalue weighted by atomic mass is 16.6. The van der Waals surface area contributed by atoms with Crippen molar-refractivity contribution in [2.45, 2.75) is 31.9 Å². The van der Waals surface area contributed by atoms with Crippen LogP contribution in [-0.4, -0.2) is 48.0 Å². The van der Waals surface area contributed by atoms with Crippen molar-refractivity contribution in [2.24, 2.45) is 0 Å². The summed E-state index contributed by atoms with van der Waals surface area (Å²) < 4.78 is 16.4. The lowest BCUT2D eigenvalue weighted by Crippen LogP contribution is -2.29. The predicted octanol–water partition coefficient (Wildman–Crippen LogP) is 2.81. The van der Waals surface area contributed by atoms with E-state index in [0.29, 0.717) is 31.5 Å². The molecule has 3 heterocycles. The van der Waals surface area contributed by atoms with Gasteiger partial charge < -0.3 is 14.0 Å². The van der Waals surface area contributed by atoms with Gasteiger partial charge in [0.15, 0.2) is 6.10 Å². The molecule has 1 aromatic heterocycles. The van der Waals surface area contributed by atoms with Crippen molar-refractivity contribution in [1.29, 1.82) is 0 Å². The monoisotopic (exact) mass is 329 g/mol. The molecule has 0 saturated carbocycles. The summed E-state index contributed by atoms with van der Waals surface area (Å²) in [4.78, 5) is 7.01. The molecular weight excluding hydrogens is 306 g/mol. The molecule has 0 bridgehead atoms. The Labute approximate surface area is 141 Å². The van der Waals surface area contributed by atoms with Gasteiger partial charge in [-0.25, -0.2) is 0 Å². The van der Waals surface area contributed by atoms with Crippen LogP contribution >= 0.6 is 0 Å². The number of rotatable bonds is 4. The average molecular weight is 329 g/mol. The molecule has 24 heavy (non-hydrogen) atoms. The van der Waals surface area contributed by atoms with E-state index >= 15 is 0 Å². The van der Waals surface area contributed by atoms with Gasteiger partial charge >= 0.3 is 0 Å². The minimum absolute atomic E-state index is 0.253. The standard InChI is InChI=1S/C18H23N3O3/c1-2-7-21(8-3-1)12-14-5-4-6-15(11-14)17-19-18(24-20-17)16-13-22-9-10-23-16/h4-6,11,16H,1-3,7-10,12-13H2/t16-/m1/s1. The molecule has 1 aromatic carbocycles. The van der Waals surface area contributed by atoms with E-state index in [-0.39, 0.29) is 6.10 Å². The van der Waals surface area contributed by atoms with Crippen molar-refractivity contribution < 1.29 is 14.0 Å². The Kier molecular flexibility index (Phi) is 4.87. The van der Waals surface area contributed by atoms with Crippen LogP contribution in [-0.2, 0) is 16.0 Å². The van der Waals surface area contributed by atoms with Crippen molar-refractivity contribution in [1.82, 2.24) is 15.0 Å². The third kappa shape index (κ3) is 3.66. The lowest BCUT2D eigenvalue weighted by molar-refractivity contribution is -0.101. The van der Waals surface area contributed by atoms with E-state index < -0.39 is 0 Å². The van der Waals surface area contributed by atoms with Gasteiger partial charge in [0.2, 0.25) is 5.82 Å². The molecule has 0 unspecified atom stereocenters. The van der Waals surface area contributed by atoms with Gasteiger partial charge in [0.05, 0.1) is 19.8 Å². The molecule has 6 nitrogen and oxygen atoms in total. The summed E-state index contributed by atoms with van der Waals surface area (Å²) in [6.07, 6.45) is 3.71. The van der Waals surface area contributed by atoms with Crippen molar-refractivity contribution in [2.75, 3.05) is 32.9 Å². The van der Waals surface area contributed by atoms with Crippen LogP contribution in [0.4, 0.5) is 0 Å². The minimum atomic E-state index is -0.253. The van der Waals surface area contributed by atoms with Crippen LogP contribution in [0.3, 0.4) is 0 Å². The van der Waals surface area contributed by atoms with Crippen LogP contribution in [0, 0.1) is 0 Å². The van der Waals surface area contributed by atoms with Gasteiger partial charge in [-0.1, -0.05) is 29.8 Å². The molecule has 0 spiro atoms. The van der Waals surface area contributed by atoms with E-state index in [0.717, 1.165) is 12.1 Å². The first-order chi connectivity index (χ1) is 11.9. The molecule has 1 atom stereocenters. The SMILES string of the molecule is c1cc(CN2CCCCC2)cc(-c2noc([C@H]3COCCO3)n2)c1. The van der Waals surface area contributed by atoms with E-state index in [2.05, 4.69) is 33.2 Å². The highest BCUT2D eigenvalue weighted by Crippen LogP contribution is 2.24. The second-order valence-electron chi connectivity index (χ2n) is 6.43. The van der Waals surface area contributed by atoms with Crippen molar-refractivity contribution >= 4 is 0 Å². The summed E-state index contributed by atoms with van der Waals surface area (Å²) >= 11 is 0. The average Bonchev–Trinajstić information content (AvgIpc) is 3.14. The largest absolute Gasteiger partial charge is 0.376 e. The Morgan fingerprint density at radius 3 is 2.88 bits per heavy atom. The van der Waals surface area contributed by atoms with Crippen LogP contribution in [0.15, 0.2) is 28.8 Å². The van der Waals surface area contributed by atoms with Gasteiger partial charge in [0.25, 0.3) is 5.89 Å². The summed E-state index contributed by atoms with van der Waals surface area (Å²) in [6.45, 7) is 5.02. The number of aromatic nitrogens is 2. The number of benzene rings is 1. The van der Waals surface area contributed by atoms with Crippen LogP contribution in [0.2, 0.25) is 0 Å². The van der Waals surface area contributed by atoms with E-state index in [1.807, 2.05) is 6.07 Å². The van der Waals surface area contributed by atoms with Crippen LogP contribution in [0.5, 0.6) is 0 Å². The summed E-state index contributed by atoms with van der Waals surface area (Å²) in [5.41, 5.74) is 2.27. The third-order valence-corrected chi connectivity index (χ3v) is 4.57. The number of ether oxygens (including phenoxy) is 2. The molecule has 4 rings (SSSR count). The number of likely N-dealkylation sites (tertiary alicyclic amines) is 1. The van der Waals surface area contributed by atoms with Crippen molar-refractivity contribution in [3.63, 3.8) is 0 Å². The number of nitrogens with zero attached hydrogens (tertiary/aromatic N) is 3. The maximum atomic E-state index is 5.61. The first-order valence-electron chi connectivity index (χ1n) is 8.73. The number of piperidine rings is 1. The molecule has 2 fully saturated rings. The van der Waals surface area contributed by atoms with Crippen molar-refractivity contribution in [3.8, 4) is 11.4 Å².